The summed E-state index contributed by atoms with van der Waals surface area (Å²) in [5, 5.41) is 10.6. The standard InChI is InChI=1S/C24H36N6S.HI/c1-19-27-22(18-31-19)17-29-12-8-20(9-13-29)16-26-24(25-2)28-21-10-14-30(15-11-21)23-6-4-3-5-7-23;/h3-7,18,20-21H,8-17H2,1-2H3,(H2,25,26,28);1H. The quantitative estimate of drug-likeness (QED) is 0.312. The lowest BCUT2D eigenvalue weighted by Crippen LogP contribution is -2.50. The van der Waals surface area contributed by atoms with Crippen molar-refractivity contribution < 1.29 is 0 Å². The number of nitrogens with one attached hydrogen (secondary N) is 2. The number of thiazole rings is 1. The maximum atomic E-state index is 4.61. The molecule has 2 fully saturated rings. The topological polar surface area (TPSA) is 55.8 Å². The Morgan fingerprint density at radius 1 is 1.09 bits per heavy atom. The zero-order valence-corrected chi connectivity index (χ0v) is 22.4. The summed E-state index contributed by atoms with van der Waals surface area (Å²) in [5.41, 5.74) is 2.56. The molecule has 0 bridgehead atoms. The van der Waals surface area contributed by atoms with E-state index >= 15 is 0 Å². The first-order valence-electron chi connectivity index (χ1n) is 11.6. The predicted octanol–water partition coefficient (Wildman–Crippen LogP) is 4.12. The molecule has 0 atom stereocenters. The van der Waals surface area contributed by atoms with E-state index in [0.717, 1.165) is 58.1 Å². The van der Waals surface area contributed by atoms with Gasteiger partial charge in [-0.15, -0.1) is 35.3 Å². The van der Waals surface area contributed by atoms with Gasteiger partial charge in [0, 0.05) is 50.3 Å². The summed E-state index contributed by atoms with van der Waals surface area (Å²) in [5.74, 6) is 1.67. The molecule has 0 saturated carbocycles. The third-order valence-corrected chi connectivity index (χ3v) is 7.32. The molecule has 0 aliphatic carbocycles. The molecule has 2 aromatic rings. The van der Waals surface area contributed by atoms with E-state index in [4.69, 9.17) is 0 Å². The van der Waals surface area contributed by atoms with E-state index in [-0.39, 0.29) is 24.0 Å². The summed E-state index contributed by atoms with van der Waals surface area (Å²) in [6.45, 7) is 8.59. The average molecular weight is 569 g/mol. The van der Waals surface area contributed by atoms with Crippen molar-refractivity contribution in [2.75, 3.05) is 44.7 Å². The summed E-state index contributed by atoms with van der Waals surface area (Å²) < 4.78 is 0. The number of hydrogen-bond donors (Lipinski definition) is 2. The van der Waals surface area contributed by atoms with Crippen molar-refractivity contribution in [1.29, 1.82) is 0 Å². The molecule has 1 aromatic heterocycles. The number of anilines is 1. The number of aromatic nitrogens is 1. The summed E-state index contributed by atoms with van der Waals surface area (Å²) >= 11 is 1.75. The summed E-state index contributed by atoms with van der Waals surface area (Å²) in [6, 6.07) is 11.2. The molecule has 2 aliphatic heterocycles. The van der Waals surface area contributed by atoms with Crippen LogP contribution in [-0.4, -0.2) is 61.7 Å². The monoisotopic (exact) mass is 568 g/mol. The highest BCUT2D eigenvalue weighted by Gasteiger charge is 2.22. The van der Waals surface area contributed by atoms with Crippen LogP contribution in [0.1, 0.15) is 36.4 Å². The maximum absolute atomic E-state index is 4.61. The third-order valence-electron chi connectivity index (χ3n) is 6.50. The van der Waals surface area contributed by atoms with Crippen molar-refractivity contribution in [3.63, 3.8) is 0 Å². The van der Waals surface area contributed by atoms with E-state index in [1.165, 1.54) is 29.2 Å². The lowest BCUT2D eigenvalue weighted by atomic mass is 9.97. The van der Waals surface area contributed by atoms with Gasteiger partial charge in [0.05, 0.1) is 10.7 Å². The predicted molar refractivity (Wildman–Crippen MR) is 146 cm³/mol. The second-order valence-electron chi connectivity index (χ2n) is 8.77. The van der Waals surface area contributed by atoms with Crippen LogP contribution in [0.3, 0.4) is 0 Å². The SMILES string of the molecule is CN=C(NCC1CCN(Cc2csc(C)n2)CC1)NC1CCN(c2ccccc2)CC1.I. The molecular formula is C24H37IN6S. The van der Waals surface area contributed by atoms with Gasteiger partial charge in [0.25, 0.3) is 0 Å². The number of aryl methyl sites for hydroxylation is 1. The van der Waals surface area contributed by atoms with Crippen molar-refractivity contribution in [2.45, 2.75) is 45.2 Å². The minimum absolute atomic E-state index is 0. The van der Waals surface area contributed by atoms with Crippen LogP contribution in [0.2, 0.25) is 0 Å². The van der Waals surface area contributed by atoms with Crippen LogP contribution < -0.4 is 15.5 Å². The van der Waals surface area contributed by atoms with Crippen LogP contribution in [-0.2, 0) is 6.54 Å². The minimum Gasteiger partial charge on any atom is -0.371 e. The van der Waals surface area contributed by atoms with Crippen molar-refractivity contribution in [1.82, 2.24) is 20.5 Å². The first kappa shape index (κ1) is 25.2. The van der Waals surface area contributed by atoms with Gasteiger partial charge in [-0.25, -0.2) is 4.98 Å². The van der Waals surface area contributed by atoms with Gasteiger partial charge >= 0.3 is 0 Å². The molecule has 2 N–H and O–H groups in total. The largest absolute Gasteiger partial charge is 0.371 e. The Morgan fingerprint density at radius 3 is 2.44 bits per heavy atom. The Hall–Kier alpha value is -1.39. The third kappa shape index (κ3) is 7.31. The molecule has 32 heavy (non-hydrogen) atoms. The molecule has 0 unspecified atom stereocenters. The van der Waals surface area contributed by atoms with E-state index in [0.29, 0.717) is 12.0 Å². The molecule has 2 saturated heterocycles. The van der Waals surface area contributed by atoms with Crippen molar-refractivity contribution in [2.24, 2.45) is 10.9 Å². The number of halogens is 1. The second kappa shape index (κ2) is 12.7. The van der Waals surface area contributed by atoms with Gasteiger partial charge in [0.1, 0.15) is 0 Å². The second-order valence-corrected chi connectivity index (χ2v) is 9.83. The van der Waals surface area contributed by atoms with Gasteiger partial charge in [0.2, 0.25) is 0 Å². The van der Waals surface area contributed by atoms with Gasteiger partial charge in [0.15, 0.2) is 5.96 Å². The van der Waals surface area contributed by atoms with E-state index in [9.17, 15) is 0 Å². The van der Waals surface area contributed by atoms with Gasteiger partial charge in [-0.05, 0) is 63.7 Å². The fraction of sp³-hybridized carbons (Fsp3) is 0.583. The number of aliphatic imine (C=N–C) groups is 1. The number of piperidine rings is 2. The number of hydrogen-bond acceptors (Lipinski definition) is 5. The van der Waals surface area contributed by atoms with Gasteiger partial charge < -0.3 is 15.5 Å². The van der Waals surface area contributed by atoms with E-state index in [1.807, 2.05) is 7.05 Å². The summed E-state index contributed by atoms with van der Waals surface area (Å²) in [7, 11) is 1.88. The molecule has 4 rings (SSSR count). The van der Waals surface area contributed by atoms with Gasteiger partial charge in [-0.3, -0.25) is 9.89 Å². The van der Waals surface area contributed by atoms with Crippen LogP contribution in [0, 0.1) is 12.8 Å². The lowest BCUT2D eigenvalue weighted by molar-refractivity contribution is 0.176. The zero-order valence-electron chi connectivity index (χ0n) is 19.3. The zero-order chi connectivity index (χ0) is 21.5. The first-order valence-corrected chi connectivity index (χ1v) is 12.5. The van der Waals surface area contributed by atoms with Crippen molar-refractivity contribution >= 4 is 47.0 Å². The fourth-order valence-electron chi connectivity index (χ4n) is 4.61. The first-order chi connectivity index (χ1) is 15.2. The molecule has 2 aliphatic rings. The van der Waals surface area contributed by atoms with Crippen LogP contribution in [0.5, 0.6) is 0 Å². The highest BCUT2D eigenvalue weighted by atomic mass is 127. The average Bonchev–Trinajstić information content (AvgIpc) is 3.23. The van der Waals surface area contributed by atoms with Crippen LogP contribution >= 0.6 is 35.3 Å². The van der Waals surface area contributed by atoms with Crippen LogP contribution in [0.4, 0.5) is 5.69 Å². The highest BCUT2D eigenvalue weighted by Crippen LogP contribution is 2.20. The molecule has 176 valence electrons. The van der Waals surface area contributed by atoms with E-state index < -0.39 is 0 Å². The Kier molecular flexibility index (Phi) is 10.1. The molecule has 0 amide bonds. The molecule has 0 spiro atoms. The Bertz CT molecular complexity index is 826. The van der Waals surface area contributed by atoms with Crippen LogP contribution in [0.15, 0.2) is 40.7 Å². The van der Waals surface area contributed by atoms with Gasteiger partial charge in [-0.1, -0.05) is 18.2 Å². The number of likely N-dealkylation sites (tertiary alicyclic amines) is 1. The highest BCUT2D eigenvalue weighted by molar-refractivity contribution is 14.0. The normalized spacial score (nSPS) is 18.9. The Morgan fingerprint density at radius 2 is 1.81 bits per heavy atom. The molecule has 8 heteroatoms. The minimum atomic E-state index is 0. The molecule has 3 heterocycles. The smallest absolute Gasteiger partial charge is 0.191 e. The molecule has 6 nitrogen and oxygen atoms in total. The lowest BCUT2D eigenvalue weighted by Gasteiger charge is -2.35. The maximum Gasteiger partial charge on any atom is 0.191 e. The molecule has 0 radical (unpaired) electrons. The van der Waals surface area contributed by atoms with E-state index in [2.05, 4.69) is 73.0 Å². The fourth-order valence-corrected chi connectivity index (χ4v) is 5.21. The number of para-hydroxylation sites is 1. The Balaban J connectivity index is 0.00000289. The number of rotatable bonds is 6. The van der Waals surface area contributed by atoms with Crippen molar-refractivity contribution in [3.05, 3.63) is 46.4 Å². The van der Waals surface area contributed by atoms with E-state index in [1.54, 1.807) is 11.3 Å². The number of guanidine groups is 1. The number of nitrogens with zero attached hydrogens (tertiary/aromatic N) is 4. The van der Waals surface area contributed by atoms with Crippen molar-refractivity contribution in [3.8, 4) is 0 Å². The summed E-state index contributed by atoms with van der Waals surface area (Å²) in [4.78, 5) is 14.1. The summed E-state index contributed by atoms with van der Waals surface area (Å²) in [6.07, 6.45) is 4.76. The molecule has 1 aromatic carbocycles. The van der Waals surface area contributed by atoms with Gasteiger partial charge in [-0.2, -0.15) is 0 Å². The van der Waals surface area contributed by atoms with Crippen LogP contribution in [0.25, 0.3) is 0 Å². The number of benzene rings is 1. The molecular weight excluding hydrogens is 531 g/mol. The Labute approximate surface area is 213 Å².